The normalized spacial score (nSPS) is 12.9. The van der Waals surface area contributed by atoms with Gasteiger partial charge in [0.1, 0.15) is 11.5 Å². The van der Waals surface area contributed by atoms with Gasteiger partial charge in [-0.3, -0.25) is 0 Å². The summed E-state index contributed by atoms with van der Waals surface area (Å²) in [6, 6.07) is 7.27. The monoisotopic (exact) mass is 272 g/mol. The number of hydrogen-bond donors (Lipinski definition) is 2. The molecule has 0 unspecified atom stereocenters. The van der Waals surface area contributed by atoms with E-state index >= 15 is 0 Å². The summed E-state index contributed by atoms with van der Waals surface area (Å²) in [6.07, 6.45) is 0. The van der Waals surface area contributed by atoms with Gasteiger partial charge in [0.25, 0.3) is 0 Å². The third-order valence-corrected chi connectivity index (χ3v) is 3.66. The molecule has 0 bridgehead atoms. The Bertz CT molecular complexity index is 596. The first kappa shape index (κ1) is 14.7. The van der Waals surface area contributed by atoms with Gasteiger partial charge < -0.3 is 10.2 Å². The molecule has 0 aromatic heterocycles. The molecule has 2 heteroatoms. The highest BCUT2D eigenvalue weighted by atomic mass is 16.3. The third-order valence-electron chi connectivity index (χ3n) is 3.66. The van der Waals surface area contributed by atoms with Gasteiger partial charge in [-0.25, -0.2) is 0 Å². The summed E-state index contributed by atoms with van der Waals surface area (Å²) in [5, 5.41) is 22.5. The molecule has 0 fully saturated rings. The van der Waals surface area contributed by atoms with Crippen molar-refractivity contribution in [3.8, 4) is 11.5 Å². The summed E-state index contributed by atoms with van der Waals surface area (Å²) in [5.41, 5.74) is 1.55. The minimum Gasteiger partial charge on any atom is -0.508 e. The van der Waals surface area contributed by atoms with Crippen LogP contribution in [-0.2, 0) is 10.8 Å². The smallest absolute Gasteiger partial charge is 0.119 e. The highest BCUT2D eigenvalue weighted by Crippen LogP contribution is 2.43. The lowest BCUT2D eigenvalue weighted by molar-refractivity contribution is 0.445. The SMILES string of the molecule is CC(C)(C)c1c(O)ccc2c(C(C)(C)C)c(O)ccc12. The Morgan fingerprint density at radius 1 is 0.600 bits per heavy atom. The fourth-order valence-corrected chi connectivity index (χ4v) is 2.96. The molecule has 0 aliphatic rings. The average Bonchev–Trinajstić information content (AvgIpc) is 2.25. The molecule has 2 rings (SSSR count). The van der Waals surface area contributed by atoms with Crippen LogP contribution in [0.4, 0.5) is 0 Å². The second kappa shape index (κ2) is 4.41. The van der Waals surface area contributed by atoms with Crippen molar-refractivity contribution in [3.63, 3.8) is 0 Å². The topological polar surface area (TPSA) is 40.5 Å². The number of rotatable bonds is 0. The predicted molar refractivity (Wildman–Crippen MR) is 84.7 cm³/mol. The van der Waals surface area contributed by atoms with E-state index in [2.05, 4.69) is 41.5 Å². The predicted octanol–water partition coefficient (Wildman–Crippen LogP) is 4.85. The van der Waals surface area contributed by atoms with Crippen LogP contribution in [0.25, 0.3) is 10.8 Å². The molecule has 0 atom stereocenters. The van der Waals surface area contributed by atoms with Crippen molar-refractivity contribution < 1.29 is 10.2 Å². The fraction of sp³-hybridized carbons (Fsp3) is 0.444. The molecule has 0 heterocycles. The van der Waals surface area contributed by atoms with Crippen molar-refractivity contribution in [1.29, 1.82) is 0 Å². The highest BCUT2D eigenvalue weighted by molar-refractivity contribution is 5.93. The second-order valence-corrected chi connectivity index (χ2v) is 7.51. The standard InChI is InChI=1S/C18H24O2/c1-17(2,3)15-11-7-10-14(20)16(18(4,5)6)12(11)8-9-13(15)19/h7-10,19-20H,1-6H3. The lowest BCUT2D eigenvalue weighted by Crippen LogP contribution is -2.15. The van der Waals surface area contributed by atoms with Crippen LogP contribution in [0.5, 0.6) is 11.5 Å². The molecule has 2 nitrogen and oxygen atoms in total. The first-order valence-corrected chi connectivity index (χ1v) is 7.02. The maximum atomic E-state index is 10.2. The molecule has 2 N–H and O–H groups in total. The summed E-state index contributed by atoms with van der Waals surface area (Å²) in [4.78, 5) is 0. The first-order chi connectivity index (χ1) is 9.03. The molecule has 0 spiro atoms. The van der Waals surface area contributed by atoms with E-state index in [1.54, 1.807) is 12.1 Å². The summed E-state index contributed by atoms with van der Waals surface area (Å²) in [5.74, 6) is 0.631. The molecule has 0 amide bonds. The first-order valence-electron chi connectivity index (χ1n) is 7.02. The minimum atomic E-state index is -0.157. The fourth-order valence-electron chi connectivity index (χ4n) is 2.96. The third kappa shape index (κ3) is 2.35. The molecule has 20 heavy (non-hydrogen) atoms. The van der Waals surface area contributed by atoms with Crippen molar-refractivity contribution in [1.82, 2.24) is 0 Å². The van der Waals surface area contributed by atoms with Gasteiger partial charge in [-0.1, -0.05) is 53.7 Å². The lowest BCUT2D eigenvalue weighted by atomic mass is 9.78. The summed E-state index contributed by atoms with van der Waals surface area (Å²) >= 11 is 0. The van der Waals surface area contributed by atoms with Crippen LogP contribution in [0.1, 0.15) is 52.7 Å². The van der Waals surface area contributed by atoms with Gasteiger partial charge >= 0.3 is 0 Å². The zero-order valence-corrected chi connectivity index (χ0v) is 13.2. The zero-order chi connectivity index (χ0) is 15.3. The van der Waals surface area contributed by atoms with Crippen molar-refractivity contribution in [2.24, 2.45) is 0 Å². The molecule has 108 valence electrons. The molecule has 0 saturated heterocycles. The molecule has 0 aliphatic carbocycles. The van der Waals surface area contributed by atoms with E-state index in [9.17, 15) is 10.2 Å². The second-order valence-electron chi connectivity index (χ2n) is 7.51. The van der Waals surface area contributed by atoms with Gasteiger partial charge in [0.2, 0.25) is 0 Å². The maximum Gasteiger partial charge on any atom is 0.119 e. The number of aromatic hydroxyl groups is 2. The van der Waals surface area contributed by atoms with Crippen LogP contribution in [0, 0.1) is 0 Å². The Morgan fingerprint density at radius 3 is 1.15 bits per heavy atom. The van der Waals surface area contributed by atoms with Gasteiger partial charge in [-0.05, 0) is 33.7 Å². The quantitative estimate of drug-likeness (QED) is 0.720. The molecule has 2 aromatic rings. The minimum absolute atomic E-state index is 0.157. The zero-order valence-electron chi connectivity index (χ0n) is 13.2. The van der Waals surface area contributed by atoms with E-state index in [-0.39, 0.29) is 10.8 Å². The van der Waals surface area contributed by atoms with Gasteiger partial charge in [0.05, 0.1) is 0 Å². The number of phenolic OH excluding ortho intramolecular Hbond substituents is 2. The van der Waals surface area contributed by atoms with Crippen molar-refractivity contribution >= 4 is 10.8 Å². The molecule has 2 aromatic carbocycles. The van der Waals surface area contributed by atoms with Crippen molar-refractivity contribution in [3.05, 3.63) is 35.4 Å². The Morgan fingerprint density at radius 2 is 0.900 bits per heavy atom. The lowest BCUT2D eigenvalue weighted by Gasteiger charge is -2.27. The van der Waals surface area contributed by atoms with Crippen LogP contribution in [-0.4, -0.2) is 10.2 Å². The summed E-state index contributed by atoms with van der Waals surface area (Å²) in [6.45, 7) is 12.5. The van der Waals surface area contributed by atoms with E-state index < -0.39 is 0 Å². The number of fused-ring (bicyclic) bond motifs is 1. The van der Waals surface area contributed by atoms with Gasteiger partial charge in [-0.15, -0.1) is 0 Å². The van der Waals surface area contributed by atoms with Crippen molar-refractivity contribution in [2.75, 3.05) is 0 Å². The van der Waals surface area contributed by atoms with E-state index in [0.29, 0.717) is 11.5 Å². The molecule has 0 aliphatic heterocycles. The van der Waals surface area contributed by atoms with Gasteiger partial charge in [0.15, 0.2) is 0 Å². The van der Waals surface area contributed by atoms with Crippen LogP contribution >= 0.6 is 0 Å². The van der Waals surface area contributed by atoms with Crippen LogP contribution in [0.15, 0.2) is 24.3 Å². The van der Waals surface area contributed by atoms with Gasteiger partial charge in [-0.2, -0.15) is 0 Å². The molecular formula is C18H24O2. The van der Waals surface area contributed by atoms with Crippen LogP contribution in [0.2, 0.25) is 0 Å². The summed E-state index contributed by atoms with van der Waals surface area (Å²) in [7, 11) is 0. The van der Waals surface area contributed by atoms with Gasteiger partial charge in [0, 0.05) is 11.1 Å². The molecule has 0 saturated carbocycles. The highest BCUT2D eigenvalue weighted by Gasteiger charge is 2.26. The van der Waals surface area contributed by atoms with E-state index in [1.807, 2.05) is 12.1 Å². The average molecular weight is 272 g/mol. The van der Waals surface area contributed by atoms with Crippen LogP contribution in [0.3, 0.4) is 0 Å². The summed E-state index contributed by atoms with van der Waals surface area (Å²) < 4.78 is 0. The Kier molecular flexibility index (Phi) is 3.24. The number of benzene rings is 2. The van der Waals surface area contributed by atoms with E-state index in [0.717, 1.165) is 21.9 Å². The number of phenols is 2. The Balaban J connectivity index is 2.97. The molecular weight excluding hydrogens is 248 g/mol. The maximum absolute atomic E-state index is 10.2. The molecule has 0 radical (unpaired) electrons. The largest absolute Gasteiger partial charge is 0.508 e. The van der Waals surface area contributed by atoms with E-state index in [1.165, 1.54) is 0 Å². The van der Waals surface area contributed by atoms with Crippen molar-refractivity contribution in [2.45, 2.75) is 52.4 Å². The number of hydrogen-bond acceptors (Lipinski definition) is 2. The Hall–Kier alpha value is -1.70. The Labute approximate surface area is 121 Å². The van der Waals surface area contributed by atoms with Crippen LogP contribution < -0.4 is 0 Å². The van der Waals surface area contributed by atoms with E-state index in [4.69, 9.17) is 0 Å².